The Bertz CT molecular complexity index is 1120. The van der Waals surface area contributed by atoms with Crippen LogP contribution in [0.3, 0.4) is 0 Å². The average molecular weight is 379 g/mol. The van der Waals surface area contributed by atoms with Crippen LogP contribution < -0.4 is 5.32 Å². The number of benzene rings is 3. The summed E-state index contributed by atoms with van der Waals surface area (Å²) in [5, 5.41) is 12.3. The zero-order valence-corrected chi connectivity index (χ0v) is 16.1. The van der Waals surface area contributed by atoms with Crippen molar-refractivity contribution in [2.75, 3.05) is 18.4 Å². The summed E-state index contributed by atoms with van der Waals surface area (Å²) >= 11 is 0. The van der Waals surface area contributed by atoms with Crippen molar-refractivity contribution in [2.24, 2.45) is 5.41 Å². The Morgan fingerprint density at radius 1 is 0.897 bits per heavy atom. The standard InChI is InChI=1S/C25H21N3O/c26-17-28-13-12-25(16-28)15-22-14-21(10-11-23(22)27-24(25)29)20-8-6-19(7-9-20)18-4-2-1-3-5-18/h1-11,14H,12-13,15-16H2,(H,27,29). The van der Waals surface area contributed by atoms with E-state index in [1.165, 1.54) is 11.1 Å². The Balaban J connectivity index is 1.44. The lowest BCUT2D eigenvalue weighted by molar-refractivity contribution is -0.125. The molecule has 1 atom stereocenters. The minimum absolute atomic E-state index is 0.0442. The largest absolute Gasteiger partial charge is 0.325 e. The van der Waals surface area contributed by atoms with Crippen molar-refractivity contribution >= 4 is 11.6 Å². The van der Waals surface area contributed by atoms with Gasteiger partial charge >= 0.3 is 0 Å². The number of nitrogens with zero attached hydrogens (tertiary/aromatic N) is 2. The smallest absolute Gasteiger partial charge is 0.232 e. The first-order valence-corrected chi connectivity index (χ1v) is 9.92. The zero-order chi connectivity index (χ0) is 19.8. The molecule has 4 heteroatoms. The molecule has 1 N–H and O–H groups in total. The van der Waals surface area contributed by atoms with Crippen LogP contribution in [0.4, 0.5) is 5.69 Å². The highest BCUT2D eigenvalue weighted by atomic mass is 16.2. The maximum atomic E-state index is 12.7. The number of hydrogen-bond donors (Lipinski definition) is 1. The summed E-state index contributed by atoms with van der Waals surface area (Å²) in [5.74, 6) is 0.0442. The molecule has 0 aliphatic carbocycles. The predicted molar refractivity (Wildman–Crippen MR) is 114 cm³/mol. The molecule has 1 fully saturated rings. The lowest BCUT2D eigenvalue weighted by atomic mass is 9.76. The Kier molecular flexibility index (Phi) is 4.10. The number of hydrogen-bond acceptors (Lipinski definition) is 3. The summed E-state index contributed by atoms with van der Waals surface area (Å²) in [6.45, 7) is 1.16. The molecule has 4 nitrogen and oxygen atoms in total. The third-order valence-electron chi connectivity index (χ3n) is 6.18. The van der Waals surface area contributed by atoms with Gasteiger partial charge in [-0.25, -0.2) is 0 Å². The number of fused-ring (bicyclic) bond motifs is 1. The summed E-state index contributed by atoms with van der Waals surface area (Å²) in [5.41, 5.74) is 6.25. The first kappa shape index (κ1) is 17.5. The molecule has 142 valence electrons. The minimum Gasteiger partial charge on any atom is -0.325 e. The van der Waals surface area contributed by atoms with Gasteiger partial charge in [-0.05, 0) is 52.8 Å². The minimum atomic E-state index is -0.488. The van der Waals surface area contributed by atoms with Gasteiger partial charge in [0.05, 0.1) is 5.41 Å². The second-order valence-corrected chi connectivity index (χ2v) is 8.00. The van der Waals surface area contributed by atoms with E-state index in [1.54, 1.807) is 4.90 Å². The van der Waals surface area contributed by atoms with E-state index in [9.17, 15) is 10.1 Å². The highest BCUT2D eigenvalue weighted by Gasteiger charge is 2.47. The van der Waals surface area contributed by atoms with Gasteiger partial charge in [-0.2, -0.15) is 5.26 Å². The summed E-state index contributed by atoms with van der Waals surface area (Å²) < 4.78 is 0. The molecule has 3 aromatic carbocycles. The fourth-order valence-electron chi connectivity index (χ4n) is 4.51. The molecule has 2 aliphatic rings. The highest BCUT2D eigenvalue weighted by molar-refractivity contribution is 5.99. The molecule has 1 amide bonds. The van der Waals surface area contributed by atoms with Crippen LogP contribution in [0.5, 0.6) is 0 Å². The second kappa shape index (κ2) is 6.79. The van der Waals surface area contributed by atoms with Crippen molar-refractivity contribution < 1.29 is 4.79 Å². The Hall–Kier alpha value is -3.58. The number of nitrogens with one attached hydrogen (secondary N) is 1. The van der Waals surface area contributed by atoms with Crippen LogP contribution in [0.25, 0.3) is 22.3 Å². The molecule has 0 radical (unpaired) electrons. The molecule has 2 aliphatic heterocycles. The van der Waals surface area contributed by atoms with Gasteiger partial charge in [0.2, 0.25) is 5.91 Å². The first-order valence-electron chi connectivity index (χ1n) is 9.92. The van der Waals surface area contributed by atoms with E-state index >= 15 is 0 Å². The van der Waals surface area contributed by atoms with Crippen LogP contribution in [0, 0.1) is 16.9 Å². The molecule has 0 saturated carbocycles. The molecule has 2 heterocycles. The number of rotatable bonds is 2. The zero-order valence-electron chi connectivity index (χ0n) is 16.1. The van der Waals surface area contributed by atoms with E-state index in [2.05, 4.69) is 60.0 Å². The van der Waals surface area contributed by atoms with Crippen LogP contribution in [-0.4, -0.2) is 23.9 Å². The van der Waals surface area contributed by atoms with Gasteiger partial charge in [-0.15, -0.1) is 0 Å². The molecule has 1 spiro atoms. The van der Waals surface area contributed by atoms with Crippen LogP contribution >= 0.6 is 0 Å². The van der Waals surface area contributed by atoms with Crippen LogP contribution in [-0.2, 0) is 11.2 Å². The lowest BCUT2D eigenvalue weighted by Gasteiger charge is -2.33. The summed E-state index contributed by atoms with van der Waals surface area (Å²) in [7, 11) is 0. The Morgan fingerprint density at radius 3 is 2.24 bits per heavy atom. The van der Waals surface area contributed by atoms with Crippen molar-refractivity contribution in [3.05, 3.63) is 78.4 Å². The SMILES string of the molecule is N#CN1CCC2(Cc3cc(-c4ccc(-c5ccccc5)cc4)ccc3NC2=O)C1. The molecule has 0 bridgehead atoms. The molecule has 3 aromatic rings. The summed E-state index contributed by atoms with van der Waals surface area (Å²) in [6.07, 6.45) is 3.60. The van der Waals surface area contributed by atoms with E-state index in [1.807, 2.05) is 24.3 Å². The molecule has 1 unspecified atom stereocenters. The maximum Gasteiger partial charge on any atom is 0.232 e. The van der Waals surface area contributed by atoms with Gasteiger partial charge in [0.15, 0.2) is 6.19 Å². The van der Waals surface area contributed by atoms with Gasteiger partial charge in [-0.3, -0.25) is 4.79 Å². The van der Waals surface area contributed by atoms with E-state index in [4.69, 9.17) is 0 Å². The number of anilines is 1. The maximum absolute atomic E-state index is 12.7. The average Bonchev–Trinajstić information content (AvgIpc) is 3.19. The van der Waals surface area contributed by atoms with Gasteiger partial charge in [-0.1, -0.05) is 60.7 Å². The van der Waals surface area contributed by atoms with Crippen molar-refractivity contribution in [1.82, 2.24) is 4.90 Å². The number of amides is 1. The summed E-state index contributed by atoms with van der Waals surface area (Å²) in [4.78, 5) is 14.4. The molecule has 0 aromatic heterocycles. The quantitative estimate of drug-likeness (QED) is 0.657. The van der Waals surface area contributed by atoms with Crippen molar-refractivity contribution in [2.45, 2.75) is 12.8 Å². The fourth-order valence-corrected chi connectivity index (χ4v) is 4.51. The van der Waals surface area contributed by atoms with Crippen LogP contribution in [0.15, 0.2) is 72.8 Å². The van der Waals surface area contributed by atoms with E-state index in [0.29, 0.717) is 19.5 Å². The molecule has 5 rings (SSSR count). The number of carbonyl (C=O) groups is 1. The van der Waals surface area contributed by atoms with Gasteiger partial charge < -0.3 is 10.2 Å². The number of carbonyl (C=O) groups excluding carboxylic acids is 1. The predicted octanol–water partition coefficient (Wildman–Crippen LogP) is 4.69. The van der Waals surface area contributed by atoms with Crippen LogP contribution in [0.2, 0.25) is 0 Å². The van der Waals surface area contributed by atoms with Crippen molar-refractivity contribution in [3.63, 3.8) is 0 Å². The Labute approximate surface area is 170 Å². The van der Waals surface area contributed by atoms with E-state index < -0.39 is 5.41 Å². The number of likely N-dealkylation sites (tertiary alicyclic amines) is 1. The third kappa shape index (κ3) is 3.05. The highest BCUT2D eigenvalue weighted by Crippen LogP contribution is 2.41. The second-order valence-electron chi connectivity index (χ2n) is 8.00. The summed E-state index contributed by atoms with van der Waals surface area (Å²) in [6, 6.07) is 25.2. The lowest BCUT2D eigenvalue weighted by Crippen LogP contribution is -2.43. The topological polar surface area (TPSA) is 56.1 Å². The molecular formula is C25H21N3O. The number of nitriles is 1. The van der Waals surface area contributed by atoms with Gasteiger partial charge in [0, 0.05) is 18.8 Å². The normalized spacial score (nSPS) is 20.2. The van der Waals surface area contributed by atoms with Crippen LogP contribution in [0.1, 0.15) is 12.0 Å². The molecular weight excluding hydrogens is 358 g/mol. The van der Waals surface area contributed by atoms with Gasteiger partial charge in [0.1, 0.15) is 0 Å². The van der Waals surface area contributed by atoms with E-state index in [0.717, 1.165) is 28.8 Å². The Morgan fingerprint density at radius 2 is 1.55 bits per heavy atom. The van der Waals surface area contributed by atoms with E-state index in [-0.39, 0.29) is 5.91 Å². The van der Waals surface area contributed by atoms with Crippen molar-refractivity contribution in [1.29, 1.82) is 5.26 Å². The monoisotopic (exact) mass is 379 g/mol. The molecule has 1 saturated heterocycles. The third-order valence-corrected chi connectivity index (χ3v) is 6.18. The molecule has 29 heavy (non-hydrogen) atoms. The van der Waals surface area contributed by atoms with Crippen molar-refractivity contribution in [3.8, 4) is 28.4 Å². The fraction of sp³-hybridized carbons (Fsp3) is 0.200. The van der Waals surface area contributed by atoms with Gasteiger partial charge in [0.25, 0.3) is 0 Å². The first-order chi connectivity index (χ1) is 14.2.